The Hall–Kier alpha value is -2.73. The van der Waals surface area contributed by atoms with Crippen molar-refractivity contribution >= 4 is 39.3 Å². The summed E-state index contributed by atoms with van der Waals surface area (Å²) in [7, 11) is -3.67. The van der Waals surface area contributed by atoms with Crippen LogP contribution in [0.3, 0.4) is 0 Å². The minimum atomic E-state index is -3.67. The Kier molecular flexibility index (Phi) is 8.18. The van der Waals surface area contributed by atoms with Crippen molar-refractivity contribution in [1.82, 2.24) is 20.9 Å². The van der Waals surface area contributed by atoms with Gasteiger partial charge in [-0.05, 0) is 61.0 Å². The van der Waals surface area contributed by atoms with Gasteiger partial charge in [0.15, 0.2) is 5.11 Å². The van der Waals surface area contributed by atoms with Crippen molar-refractivity contribution < 1.29 is 22.4 Å². The lowest BCUT2D eigenvalue weighted by atomic mass is 10.2. The van der Waals surface area contributed by atoms with Gasteiger partial charge >= 0.3 is 0 Å². The highest BCUT2D eigenvalue weighted by Crippen LogP contribution is 2.13. The van der Waals surface area contributed by atoms with Crippen LogP contribution in [0.25, 0.3) is 6.08 Å². The van der Waals surface area contributed by atoms with Crippen molar-refractivity contribution in [1.29, 1.82) is 0 Å². The summed E-state index contributed by atoms with van der Waals surface area (Å²) in [6, 6.07) is 9.50. The number of amides is 1. The van der Waals surface area contributed by atoms with Crippen molar-refractivity contribution in [3.8, 4) is 0 Å². The standard InChI is InChI=1S/C20H24N4O5S2/c25-19(23-24-20(30)21-13-16-3-1-11-28-16)10-7-15-5-8-18(9-6-15)31(26,27)22-14-17-4-2-12-29-17/h2,4-10,12,16,22H,1,3,11,13-14H2,(H,23,25)(H2,21,24,30)/b10-7+. The Morgan fingerprint density at radius 2 is 2.00 bits per heavy atom. The van der Waals surface area contributed by atoms with Gasteiger partial charge in [-0.25, -0.2) is 13.1 Å². The summed E-state index contributed by atoms with van der Waals surface area (Å²) in [6.45, 7) is 1.42. The van der Waals surface area contributed by atoms with Crippen LogP contribution in [-0.2, 0) is 26.1 Å². The molecule has 0 bridgehead atoms. The van der Waals surface area contributed by atoms with Crippen LogP contribution in [0.5, 0.6) is 0 Å². The predicted octanol–water partition coefficient (Wildman–Crippen LogP) is 1.45. The van der Waals surface area contributed by atoms with Crippen molar-refractivity contribution in [3.05, 3.63) is 60.1 Å². The smallest absolute Gasteiger partial charge is 0.262 e. The molecule has 2 heterocycles. The van der Waals surface area contributed by atoms with Crippen LogP contribution in [0, 0.1) is 0 Å². The summed E-state index contributed by atoms with van der Waals surface area (Å²) in [5.41, 5.74) is 5.74. The number of carbonyl (C=O) groups is 1. The van der Waals surface area contributed by atoms with E-state index in [9.17, 15) is 13.2 Å². The van der Waals surface area contributed by atoms with E-state index in [4.69, 9.17) is 21.4 Å². The van der Waals surface area contributed by atoms with E-state index in [1.54, 1.807) is 30.3 Å². The zero-order chi connectivity index (χ0) is 22.1. The fourth-order valence-corrected chi connectivity index (χ4v) is 3.94. The number of hydrogen-bond donors (Lipinski definition) is 4. The maximum absolute atomic E-state index is 12.3. The van der Waals surface area contributed by atoms with Gasteiger partial charge in [0.2, 0.25) is 10.0 Å². The molecule has 1 saturated heterocycles. The Morgan fingerprint density at radius 1 is 1.19 bits per heavy atom. The third kappa shape index (κ3) is 7.47. The predicted molar refractivity (Wildman–Crippen MR) is 119 cm³/mol. The molecule has 2 aromatic rings. The number of benzene rings is 1. The normalized spacial score (nSPS) is 16.3. The average molecular weight is 465 g/mol. The maximum atomic E-state index is 12.3. The van der Waals surface area contributed by atoms with Crippen molar-refractivity contribution in [2.24, 2.45) is 0 Å². The van der Waals surface area contributed by atoms with E-state index in [1.165, 1.54) is 24.5 Å². The molecule has 0 saturated carbocycles. The van der Waals surface area contributed by atoms with Gasteiger partial charge in [0.1, 0.15) is 5.76 Å². The number of furan rings is 1. The summed E-state index contributed by atoms with van der Waals surface area (Å²) in [4.78, 5) is 12.0. The number of thiocarbonyl (C=S) groups is 1. The maximum Gasteiger partial charge on any atom is 0.262 e. The lowest BCUT2D eigenvalue weighted by molar-refractivity contribution is -0.116. The van der Waals surface area contributed by atoms with Crippen LogP contribution in [-0.4, -0.2) is 38.7 Å². The van der Waals surface area contributed by atoms with Gasteiger partial charge < -0.3 is 14.5 Å². The third-order valence-electron chi connectivity index (χ3n) is 4.45. The second-order valence-electron chi connectivity index (χ2n) is 6.77. The largest absolute Gasteiger partial charge is 0.468 e. The molecule has 0 spiro atoms. The number of nitrogens with one attached hydrogen (secondary N) is 4. The van der Waals surface area contributed by atoms with Crippen LogP contribution in [0.4, 0.5) is 0 Å². The van der Waals surface area contributed by atoms with E-state index < -0.39 is 15.9 Å². The number of ether oxygens (including phenoxy) is 1. The van der Waals surface area contributed by atoms with Crippen LogP contribution in [0.2, 0.25) is 0 Å². The van der Waals surface area contributed by atoms with Gasteiger partial charge in [-0.1, -0.05) is 12.1 Å². The molecule has 1 amide bonds. The number of hydrazine groups is 1. The minimum absolute atomic E-state index is 0.0640. The molecule has 3 rings (SSSR count). The second kappa shape index (κ2) is 11.0. The summed E-state index contributed by atoms with van der Waals surface area (Å²) < 4.78 is 37.7. The van der Waals surface area contributed by atoms with Crippen LogP contribution < -0.4 is 20.9 Å². The van der Waals surface area contributed by atoms with Crippen LogP contribution >= 0.6 is 12.2 Å². The molecular weight excluding hydrogens is 440 g/mol. The molecule has 1 atom stereocenters. The van der Waals surface area contributed by atoms with Crippen LogP contribution in [0.15, 0.2) is 58.1 Å². The minimum Gasteiger partial charge on any atom is -0.468 e. The molecule has 31 heavy (non-hydrogen) atoms. The van der Waals surface area contributed by atoms with Crippen LogP contribution in [0.1, 0.15) is 24.2 Å². The average Bonchev–Trinajstić information content (AvgIpc) is 3.48. The summed E-state index contributed by atoms with van der Waals surface area (Å²) in [5, 5.41) is 3.28. The third-order valence-corrected chi connectivity index (χ3v) is 6.11. The molecule has 0 aliphatic carbocycles. The van der Waals surface area contributed by atoms with E-state index in [2.05, 4.69) is 20.9 Å². The molecule has 166 valence electrons. The molecule has 4 N–H and O–H groups in total. The van der Waals surface area contributed by atoms with Crippen molar-refractivity contribution in [2.45, 2.75) is 30.4 Å². The number of hydrogen-bond acceptors (Lipinski definition) is 6. The molecule has 1 aliphatic rings. The highest BCUT2D eigenvalue weighted by atomic mass is 32.2. The number of carbonyl (C=O) groups excluding carboxylic acids is 1. The zero-order valence-electron chi connectivity index (χ0n) is 16.7. The molecule has 1 aromatic heterocycles. The second-order valence-corrected chi connectivity index (χ2v) is 8.94. The van der Waals surface area contributed by atoms with E-state index in [1.807, 2.05) is 0 Å². The van der Waals surface area contributed by atoms with Gasteiger partial charge in [-0.3, -0.25) is 15.6 Å². The molecule has 1 aromatic carbocycles. The molecule has 0 radical (unpaired) electrons. The molecule has 1 aliphatic heterocycles. The van der Waals surface area contributed by atoms with Crippen molar-refractivity contribution in [3.63, 3.8) is 0 Å². The topological polar surface area (TPSA) is 122 Å². The monoisotopic (exact) mass is 464 g/mol. The Labute approximate surface area is 186 Å². The SMILES string of the molecule is O=C(/C=C/c1ccc(S(=O)(=O)NCc2ccco2)cc1)NNC(=S)NCC1CCCO1. The summed E-state index contributed by atoms with van der Waals surface area (Å²) in [5.74, 6) is 0.113. The molecular formula is C20H24N4O5S2. The molecule has 1 fully saturated rings. The lowest BCUT2D eigenvalue weighted by Gasteiger charge is -2.13. The van der Waals surface area contributed by atoms with E-state index in [0.717, 1.165) is 19.4 Å². The summed E-state index contributed by atoms with van der Waals surface area (Å²) >= 11 is 5.10. The highest BCUT2D eigenvalue weighted by molar-refractivity contribution is 7.89. The Bertz CT molecular complexity index is 999. The molecule has 9 nitrogen and oxygen atoms in total. The van der Waals surface area contributed by atoms with Gasteiger partial charge in [-0.2, -0.15) is 0 Å². The van der Waals surface area contributed by atoms with Gasteiger partial charge in [0, 0.05) is 19.2 Å². The highest BCUT2D eigenvalue weighted by Gasteiger charge is 2.15. The van der Waals surface area contributed by atoms with Gasteiger partial charge in [0.05, 0.1) is 23.8 Å². The fourth-order valence-electron chi connectivity index (χ4n) is 2.81. The van der Waals surface area contributed by atoms with Gasteiger partial charge in [-0.15, -0.1) is 0 Å². The fraction of sp³-hybridized carbons (Fsp3) is 0.300. The quantitative estimate of drug-likeness (QED) is 0.263. The Balaban J connectivity index is 1.42. The van der Waals surface area contributed by atoms with Gasteiger partial charge in [0.25, 0.3) is 5.91 Å². The van der Waals surface area contributed by atoms with Crippen molar-refractivity contribution in [2.75, 3.05) is 13.2 Å². The molecule has 11 heteroatoms. The lowest BCUT2D eigenvalue weighted by Crippen LogP contribution is -2.47. The first-order valence-corrected chi connectivity index (χ1v) is 11.6. The number of sulfonamides is 1. The zero-order valence-corrected chi connectivity index (χ0v) is 18.3. The van der Waals surface area contributed by atoms with E-state index in [-0.39, 0.29) is 17.5 Å². The first kappa shape index (κ1) is 22.9. The summed E-state index contributed by atoms with van der Waals surface area (Å²) in [6.07, 6.45) is 6.53. The number of rotatable bonds is 8. The van der Waals surface area contributed by atoms with E-state index >= 15 is 0 Å². The van der Waals surface area contributed by atoms with E-state index in [0.29, 0.717) is 23.0 Å². The molecule has 1 unspecified atom stereocenters. The first-order valence-electron chi connectivity index (χ1n) is 9.68. The Morgan fingerprint density at radius 3 is 2.68 bits per heavy atom. The first-order chi connectivity index (χ1) is 14.9.